The number of rotatable bonds is 7. The number of aromatic nitrogens is 4. The van der Waals surface area contributed by atoms with Crippen molar-refractivity contribution in [3.63, 3.8) is 0 Å². The van der Waals surface area contributed by atoms with E-state index >= 15 is 0 Å². The molecule has 0 radical (unpaired) electrons. The maximum absolute atomic E-state index is 5.82. The van der Waals surface area contributed by atoms with Gasteiger partial charge in [0, 0.05) is 11.5 Å². The highest BCUT2D eigenvalue weighted by Gasteiger charge is 2.14. The predicted molar refractivity (Wildman–Crippen MR) is 109 cm³/mol. The van der Waals surface area contributed by atoms with Crippen molar-refractivity contribution in [3.8, 4) is 0 Å². The Morgan fingerprint density at radius 3 is 2.64 bits per heavy atom. The average molecular weight is 369 g/mol. The maximum atomic E-state index is 5.82. The molecule has 0 unspecified atom stereocenters. The van der Waals surface area contributed by atoms with Crippen molar-refractivity contribution < 1.29 is 4.74 Å². The van der Waals surface area contributed by atoms with E-state index in [1.807, 2.05) is 60.7 Å². The van der Waals surface area contributed by atoms with Crippen LogP contribution in [0.15, 0.2) is 66.7 Å². The summed E-state index contributed by atoms with van der Waals surface area (Å²) in [6, 6.07) is 20.0. The Bertz CT molecular complexity index is 1150. The molecule has 0 bridgehead atoms. The summed E-state index contributed by atoms with van der Waals surface area (Å²) in [6.45, 7) is 0.866. The molecule has 0 saturated heterocycles. The van der Waals surface area contributed by atoms with Crippen LogP contribution < -0.4 is 5.32 Å². The Morgan fingerprint density at radius 2 is 1.79 bits per heavy atom. The van der Waals surface area contributed by atoms with E-state index in [2.05, 4.69) is 31.6 Å². The molecule has 0 fully saturated rings. The lowest BCUT2D eigenvalue weighted by atomic mass is 10.2. The molecular weight excluding hydrogens is 350 g/mol. The summed E-state index contributed by atoms with van der Waals surface area (Å²) in [5, 5.41) is 11.7. The number of anilines is 2. The van der Waals surface area contributed by atoms with Crippen molar-refractivity contribution in [3.05, 3.63) is 83.8 Å². The van der Waals surface area contributed by atoms with Crippen molar-refractivity contribution in [2.45, 2.75) is 19.6 Å². The number of para-hydroxylation sites is 1. The van der Waals surface area contributed by atoms with Crippen molar-refractivity contribution in [1.82, 2.24) is 20.2 Å². The van der Waals surface area contributed by atoms with Crippen molar-refractivity contribution in [2.75, 3.05) is 5.32 Å². The van der Waals surface area contributed by atoms with Gasteiger partial charge in [0.15, 0.2) is 11.6 Å². The minimum absolute atomic E-state index is 0.340. The first kappa shape index (κ1) is 16.6. The number of nitrogens with one attached hydrogen (secondary N) is 2. The number of aromatic amines is 1. The minimum Gasteiger partial charge on any atom is -0.369 e. The van der Waals surface area contributed by atoms with E-state index in [4.69, 9.17) is 4.74 Å². The van der Waals surface area contributed by atoms with Crippen LogP contribution in [0.2, 0.25) is 0 Å². The average Bonchev–Trinajstić information content (AvgIpc) is 3.48. The van der Waals surface area contributed by atoms with Gasteiger partial charge in [0.1, 0.15) is 12.4 Å². The summed E-state index contributed by atoms with van der Waals surface area (Å²) in [6.07, 6.45) is 3.19. The molecule has 1 aliphatic rings. The number of H-pyrrole nitrogens is 1. The summed E-state index contributed by atoms with van der Waals surface area (Å²) < 4.78 is 5.82. The molecule has 138 valence electrons. The first-order valence-corrected chi connectivity index (χ1v) is 9.24. The van der Waals surface area contributed by atoms with Gasteiger partial charge in [-0.3, -0.25) is 5.10 Å². The van der Waals surface area contributed by atoms with Crippen LogP contribution in [0.4, 0.5) is 11.6 Å². The number of hydrogen-bond donors (Lipinski definition) is 2. The molecule has 0 amide bonds. The Labute approximate surface area is 162 Å². The molecule has 6 heteroatoms. The second kappa shape index (κ2) is 7.25. The fraction of sp³-hybridized carbons (Fsp3) is 0.136. The van der Waals surface area contributed by atoms with Crippen LogP contribution in [0.5, 0.6) is 0 Å². The van der Waals surface area contributed by atoms with Gasteiger partial charge in [0.2, 0.25) is 0 Å². The van der Waals surface area contributed by atoms with Gasteiger partial charge in [-0.2, -0.15) is 5.10 Å². The zero-order valence-corrected chi connectivity index (χ0v) is 15.2. The molecule has 0 spiro atoms. The molecular formula is C22H19N5O. The smallest absolute Gasteiger partial charge is 0.157 e. The quantitative estimate of drug-likeness (QED) is 0.498. The highest BCUT2D eigenvalue weighted by molar-refractivity contribution is 5.90. The Morgan fingerprint density at radius 1 is 0.964 bits per heavy atom. The number of ether oxygens (including phenoxy) is 1. The number of nitrogens with zero attached hydrogens (tertiary/aromatic N) is 3. The third kappa shape index (κ3) is 3.63. The van der Waals surface area contributed by atoms with Gasteiger partial charge >= 0.3 is 0 Å². The van der Waals surface area contributed by atoms with Crippen LogP contribution >= 0.6 is 0 Å². The number of hydrogen-bond acceptors (Lipinski definition) is 5. The van der Waals surface area contributed by atoms with E-state index in [-0.39, 0.29) is 0 Å². The van der Waals surface area contributed by atoms with E-state index < -0.39 is 0 Å². The Balaban J connectivity index is 1.38. The molecule has 4 aromatic rings. The van der Waals surface area contributed by atoms with Gasteiger partial charge < -0.3 is 10.1 Å². The largest absolute Gasteiger partial charge is 0.369 e. The van der Waals surface area contributed by atoms with Gasteiger partial charge in [-0.1, -0.05) is 48.5 Å². The minimum atomic E-state index is 0.340. The van der Waals surface area contributed by atoms with E-state index in [9.17, 15) is 0 Å². The van der Waals surface area contributed by atoms with Crippen LogP contribution in [-0.2, 0) is 18.0 Å². The molecule has 1 aliphatic carbocycles. The van der Waals surface area contributed by atoms with Gasteiger partial charge in [-0.25, -0.2) is 9.97 Å². The molecule has 0 atom stereocenters. The fourth-order valence-electron chi connectivity index (χ4n) is 3.06. The fourth-order valence-corrected chi connectivity index (χ4v) is 3.06. The number of benzene rings is 2. The highest BCUT2D eigenvalue weighted by atomic mass is 16.5. The molecule has 2 heterocycles. The zero-order chi connectivity index (χ0) is 18.8. The monoisotopic (exact) mass is 369 g/mol. The van der Waals surface area contributed by atoms with Gasteiger partial charge in [0.05, 0.1) is 17.8 Å². The summed E-state index contributed by atoms with van der Waals surface area (Å²) in [4.78, 5) is 9.32. The molecule has 2 N–H and O–H groups in total. The molecule has 2 aromatic heterocycles. The third-order valence-electron chi connectivity index (χ3n) is 4.57. The first-order chi connectivity index (χ1) is 13.8. The topological polar surface area (TPSA) is 75.7 Å². The summed E-state index contributed by atoms with van der Waals surface area (Å²) >= 11 is 0. The number of fused-ring (bicyclic) bond motifs is 1. The summed E-state index contributed by atoms with van der Waals surface area (Å²) in [7, 11) is 0. The van der Waals surface area contributed by atoms with Crippen LogP contribution in [0.1, 0.15) is 23.5 Å². The van der Waals surface area contributed by atoms with E-state index in [1.54, 1.807) is 0 Å². The second-order valence-electron chi connectivity index (χ2n) is 6.71. The Kier molecular flexibility index (Phi) is 4.31. The van der Waals surface area contributed by atoms with Crippen LogP contribution in [-0.4, -0.2) is 20.2 Å². The van der Waals surface area contributed by atoms with Gasteiger partial charge in [-0.05, 0) is 29.7 Å². The zero-order valence-electron chi connectivity index (χ0n) is 15.2. The van der Waals surface area contributed by atoms with Crippen LogP contribution in [0.3, 0.4) is 0 Å². The van der Waals surface area contributed by atoms with Crippen LogP contribution in [0.25, 0.3) is 16.5 Å². The lowest BCUT2D eigenvalue weighted by Gasteiger charge is -2.10. The van der Waals surface area contributed by atoms with Crippen LogP contribution in [0, 0.1) is 0 Å². The normalized spacial score (nSPS) is 12.8. The SMILES string of the molecule is C1=C(c2cc(Nc3nc(COCc4ccccc4)nc4ccccc34)n[nH]2)C1. The van der Waals surface area contributed by atoms with Crippen molar-refractivity contribution >= 4 is 28.1 Å². The van der Waals surface area contributed by atoms with Gasteiger partial charge in [0.25, 0.3) is 0 Å². The molecule has 6 nitrogen and oxygen atoms in total. The summed E-state index contributed by atoms with van der Waals surface area (Å²) in [5.74, 6) is 2.10. The molecule has 28 heavy (non-hydrogen) atoms. The standard InChI is InChI=1S/C22H19N5O/c1-2-6-15(7-3-1)13-28-14-21-23-18-9-5-4-8-17(18)22(25-21)24-20-12-19(26-27-20)16-10-11-16/h1-10,12H,11,13-14H2,(H2,23,24,25,26,27). The first-order valence-electron chi connectivity index (χ1n) is 9.24. The molecule has 5 rings (SSSR count). The second-order valence-corrected chi connectivity index (χ2v) is 6.71. The molecule has 0 aliphatic heterocycles. The van der Waals surface area contributed by atoms with Gasteiger partial charge in [-0.15, -0.1) is 0 Å². The summed E-state index contributed by atoms with van der Waals surface area (Å²) in [5.41, 5.74) is 4.34. The Hall–Kier alpha value is -3.51. The van der Waals surface area contributed by atoms with Crippen molar-refractivity contribution in [2.24, 2.45) is 0 Å². The lowest BCUT2D eigenvalue weighted by molar-refractivity contribution is 0.102. The van der Waals surface area contributed by atoms with E-state index in [0.717, 1.165) is 40.2 Å². The highest BCUT2D eigenvalue weighted by Crippen LogP contribution is 2.31. The predicted octanol–water partition coefficient (Wildman–Crippen LogP) is 4.60. The maximum Gasteiger partial charge on any atom is 0.157 e. The van der Waals surface area contributed by atoms with Crippen molar-refractivity contribution in [1.29, 1.82) is 0 Å². The lowest BCUT2D eigenvalue weighted by Crippen LogP contribution is -2.04. The molecule has 2 aromatic carbocycles. The molecule has 0 saturated carbocycles. The third-order valence-corrected chi connectivity index (χ3v) is 4.57. The van der Waals surface area contributed by atoms with E-state index in [1.165, 1.54) is 5.57 Å². The number of allylic oxidation sites excluding steroid dienone is 2. The van der Waals surface area contributed by atoms with E-state index in [0.29, 0.717) is 19.0 Å².